The summed E-state index contributed by atoms with van der Waals surface area (Å²) < 4.78 is 2.60. The normalized spacial score (nSPS) is 13.0. The summed E-state index contributed by atoms with van der Waals surface area (Å²) in [7, 11) is 0. The molecule has 0 bridgehead atoms. The fraction of sp³-hybridized carbons (Fsp3) is 0.0159. The van der Waals surface area contributed by atoms with Gasteiger partial charge in [0.05, 0.1) is 11.1 Å². The quantitative estimate of drug-likeness (QED) is 0.167. The van der Waals surface area contributed by atoms with Gasteiger partial charge in [-0.25, -0.2) is 0 Å². The molecule has 1 nitrogen and oxygen atoms in total. The van der Waals surface area contributed by atoms with Gasteiger partial charge in [-0.05, 0) is 137 Å². The molecule has 65 heavy (non-hydrogen) atoms. The van der Waals surface area contributed by atoms with E-state index in [2.05, 4.69) is 241 Å². The van der Waals surface area contributed by atoms with Crippen LogP contribution in [0.3, 0.4) is 0 Å². The van der Waals surface area contributed by atoms with Crippen molar-refractivity contribution in [2.45, 2.75) is 5.41 Å². The molecule has 0 fully saturated rings. The number of anilines is 3. The van der Waals surface area contributed by atoms with Crippen LogP contribution in [0.2, 0.25) is 0 Å². The lowest BCUT2D eigenvalue weighted by Crippen LogP contribution is -2.26. The summed E-state index contributed by atoms with van der Waals surface area (Å²) in [5, 5.41) is 7.61. The largest absolute Gasteiger partial charge is 0.310 e. The molecule has 1 aromatic heterocycles. The zero-order valence-corrected chi connectivity index (χ0v) is 36.2. The second kappa shape index (κ2) is 14.0. The molecule has 14 rings (SSSR count). The first kappa shape index (κ1) is 36.4. The van der Waals surface area contributed by atoms with E-state index in [0.717, 1.165) is 11.4 Å². The van der Waals surface area contributed by atoms with Crippen LogP contribution in [0.25, 0.3) is 86.2 Å². The molecule has 12 aromatic rings. The van der Waals surface area contributed by atoms with Gasteiger partial charge in [0, 0.05) is 37.1 Å². The van der Waals surface area contributed by atoms with Crippen LogP contribution in [0.5, 0.6) is 0 Å². The minimum atomic E-state index is -0.424. The highest BCUT2D eigenvalue weighted by molar-refractivity contribution is 7.25. The van der Waals surface area contributed by atoms with Gasteiger partial charge in [-0.15, -0.1) is 11.3 Å². The fourth-order valence-electron chi connectivity index (χ4n) is 11.4. The highest BCUT2D eigenvalue weighted by atomic mass is 32.1. The Morgan fingerprint density at radius 2 is 0.800 bits per heavy atom. The molecular weight excluding hydrogens is 803 g/mol. The van der Waals surface area contributed by atoms with Crippen molar-refractivity contribution in [2.24, 2.45) is 0 Å². The number of hydrogen-bond acceptors (Lipinski definition) is 2. The van der Waals surface area contributed by atoms with Crippen LogP contribution in [0.1, 0.15) is 22.3 Å². The standard InChI is InChI=1S/C63H39NS/c1-2-13-42-36-44(25-24-40(42)12-1)47-29-28-45-37-43(26-27-46(45)38-47)41-30-32-48(33-31-41)64(49-34-35-53-52-16-6-10-23-60(52)65-61(53)39-49)59-22-11-21-58-62(59)54-17-5-9-20-57(54)63(58)55-18-7-3-14-50(55)51-15-4-8-19-56(51)63/h1-39H. The average molecular weight is 842 g/mol. The van der Waals surface area contributed by atoms with Crippen LogP contribution in [-0.2, 0) is 5.41 Å². The maximum Gasteiger partial charge on any atom is 0.0726 e. The molecule has 302 valence electrons. The van der Waals surface area contributed by atoms with Crippen LogP contribution >= 0.6 is 11.3 Å². The van der Waals surface area contributed by atoms with Crippen molar-refractivity contribution in [1.29, 1.82) is 0 Å². The molecule has 0 atom stereocenters. The van der Waals surface area contributed by atoms with E-state index in [0.29, 0.717) is 0 Å². The molecule has 0 radical (unpaired) electrons. The Labute approximate surface area is 381 Å². The maximum absolute atomic E-state index is 2.50. The van der Waals surface area contributed by atoms with Gasteiger partial charge in [0.25, 0.3) is 0 Å². The van der Waals surface area contributed by atoms with Gasteiger partial charge in [0.2, 0.25) is 0 Å². The molecule has 11 aromatic carbocycles. The Morgan fingerprint density at radius 3 is 1.51 bits per heavy atom. The lowest BCUT2D eigenvalue weighted by atomic mass is 9.70. The molecule has 1 heterocycles. The fourth-order valence-corrected chi connectivity index (χ4v) is 12.5. The van der Waals surface area contributed by atoms with Gasteiger partial charge >= 0.3 is 0 Å². The second-order valence-corrected chi connectivity index (χ2v) is 18.7. The van der Waals surface area contributed by atoms with Gasteiger partial charge in [0.1, 0.15) is 0 Å². The summed E-state index contributed by atoms with van der Waals surface area (Å²) in [5.41, 5.74) is 18.5. The topological polar surface area (TPSA) is 3.24 Å². The van der Waals surface area contributed by atoms with E-state index < -0.39 is 5.41 Å². The van der Waals surface area contributed by atoms with Gasteiger partial charge in [-0.2, -0.15) is 0 Å². The van der Waals surface area contributed by atoms with Crippen LogP contribution in [0.15, 0.2) is 237 Å². The number of rotatable bonds is 5. The molecule has 0 N–H and O–H groups in total. The van der Waals surface area contributed by atoms with Crippen molar-refractivity contribution in [1.82, 2.24) is 0 Å². The van der Waals surface area contributed by atoms with E-state index in [1.807, 2.05) is 11.3 Å². The Balaban J connectivity index is 0.921. The third-order valence-corrected chi connectivity index (χ3v) is 15.4. The third kappa shape index (κ3) is 5.32. The Morgan fingerprint density at radius 1 is 0.308 bits per heavy atom. The SMILES string of the molecule is c1ccc2c(c1)-c1ccccc1C21c2ccccc2-c2c(N(c3ccc(-c4ccc5cc(-c6ccc7ccccc7c6)ccc5c4)cc3)c3ccc4c(c3)sc3ccccc34)cccc21. The molecule has 0 saturated heterocycles. The van der Waals surface area contributed by atoms with Crippen molar-refractivity contribution in [3.8, 4) is 44.5 Å². The molecule has 0 aliphatic heterocycles. The smallest absolute Gasteiger partial charge is 0.0726 e. The van der Waals surface area contributed by atoms with Gasteiger partial charge in [-0.1, -0.05) is 182 Å². The van der Waals surface area contributed by atoms with Gasteiger partial charge in [0.15, 0.2) is 0 Å². The van der Waals surface area contributed by atoms with E-state index >= 15 is 0 Å². The van der Waals surface area contributed by atoms with Crippen molar-refractivity contribution in [3.05, 3.63) is 259 Å². The minimum Gasteiger partial charge on any atom is -0.310 e. The van der Waals surface area contributed by atoms with Gasteiger partial charge < -0.3 is 4.90 Å². The van der Waals surface area contributed by atoms with Crippen LogP contribution < -0.4 is 4.90 Å². The van der Waals surface area contributed by atoms with E-state index in [1.165, 1.54) is 114 Å². The maximum atomic E-state index is 2.50. The molecule has 0 unspecified atom stereocenters. The summed E-state index contributed by atoms with van der Waals surface area (Å²) in [6.07, 6.45) is 0. The van der Waals surface area contributed by atoms with Crippen LogP contribution in [0, 0.1) is 0 Å². The molecule has 0 amide bonds. The lowest BCUT2D eigenvalue weighted by molar-refractivity contribution is 0.794. The molecule has 2 aliphatic carbocycles. The summed E-state index contributed by atoms with van der Waals surface area (Å²) >= 11 is 1.87. The van der Waals surface area contributed by atoms with Crippen molar-refractivity contribution < 1.29 is 0 Å². The Bertz CT molecular complexity index is 3860. The minimum absolute atomic E-state index is 0.424. The number of fused-ring (bicyclic) bond motifs is 15. The zero-order chi connectivity index (χ0) is 42.6. The third-order valence-electron chi connectivity index (χ3n) is 14.2. The number of nitrogens with zero attached hydrogens (tertiary/aromatic N) is 1. The number of hydrogen-bond donors (Lipinski definition) is 0. The first-order valence-electron chi connectivity index (χ1n) is 22.5. The van der Waals surface area contributed by atoms with Crippen molar-refractivity contribution >= 4 is 70.1 Å². The molecular formula is C63H39NS. The molecule has 2 aliphatic rings. The highest BCUT2D eigenvalue weighted by Gasteiger charge is 2.52. The lowest BCUT2D eigenvalue weighted by Gasteiger charge is -2.32. The van der Waals surface area contributed by atoms with E-state index in [1.54, 1.807) is 0 Å². The Hall–Kier alpha value is -8.04. The van der Waals surface area contributed by atoms with Crippen LogP contribution in [-0.4, -0.2) is 0 Å². The summed E-state index contributed by atoms with van der Waals surface area (Å²) in [5.74, 6) is 0. The monoisotopic (exact) mass is 841 g/mol. The molecule has 0 saturated carbocycles. The Kier molecular flexibility index (Phi) is 7.84. The van der Waals surface area contributed by atoms with Crippen molar-refractivity contribution in [2.75, 3.05) is 4.90 Å². The van der Waals surface area contributed by atoms with E-state index in [4.69, 9.17) is 0 Å². The number of thiophene rings is 1. The highest BCUT2D eigenvalue weighted by Crippen LogP contribution is 2.64. The van der Waals surface area contributed by atoms with E-state index in [-0.39, 0.29) is 0 Å². The predicted molar refractivity (Wildman–Crippen MR) is 276 cm³/mol. The predicted octanol–water partition coefficient (Wildman–Crippen LogP) is 17.5. The van der Waals surface area contributed by atoms with Gasteiger partial charge in [-0.3, -0.25) is 0 Å². The van der Waals surface area contributed by atoms with Crippen molar-refractivity contribution in [3.63, 3.8) is 0 Å². The summed E-state index contributed by atoms with van der Waals surface area (Å²) in [6.45, 7) is 0. The van der Waals surface area contributed by atoms with Crippen LogP contribution in [0.4, 0.5) is 17.1 Å². The first-order chi connectivity index (χ1) is 32.2. The average Bonchev–Trinajstić information content (AvgIpc) is 4.00. The summed E-state index contributed by atoms with van der Waals surface area (Å²) in [6, 6.07) is 88.4. The molecule has 2 heteroatoms. The summed E-state index contributed by atoms with van der Waals surface area (Å²) in [4.78, 5) is 2.50. The number of benzene rings is 11. The second-order valence-electron chi connectivity index (χ2n) is 17.6. The molecule has 1 spiro atoms. The zero-order valence-electron chi connectivity index (χ0n) is 35.4. The first-order valence-corrected chi connectivity index (χ1v) is 23.3. The van der Waals surface area contributed by atoms with E-state index in [9.17, 15) is 0 Å².